The first kappa shape index (κ1) is 25.1. The van der Waals surface area contributed by atoms with E-state index < -0.39 is 81.7 Å². The SMILES string of the molecule is CN(C)C1C(=O)C(C(=O)NCO)=C(O)C2(O)C(=O)C3=C(O)c4c(O)ccc(Cl)c4C(C)(O)C3CC12. The van der Waals surface area contributed by atoms with Gasteiger partial charge in [0, 0.05) is 28.0 Å². The van der Waals surface area contributed by atoms with Crippen molar-refractivity contribution >= 4 is 34.8 Å². The molecule has 35 heavy (non-hydrogen) atoms. The lowest BCUT2D eigenvalue weighted by Gasteiger charge is -2.53. The van der Waals surface area contributed by atoms with Crippen molar-refractivity contribution < 1.29 is 45.0 Å². The third-order valence-electron chi connectivity index (χ3n) is 7.29. The molecule has 5 atom stereocenters. The van der Waals surface area contributed by atoms with Crippen LogP contribution in [-0.2, 0) is 20.0 Å². The Hall–Kier alpha value is -2.96. The highest BCUT2D eigenvalue weighted by Gasteiger charge is 2.66. The average molecular weight is 509 g/mol. The summed E-state index contributed by atoms with van der Waals surface area (Å²) in [5.74, 6) is -8.33. The second-order valence-electron chi connectivity index (χ2n) is 9.38. The molecule has 188 valence electrons. The molecule has 0 saturated heterocycles. The molecule has 1 aromatic carbocycles. The lowest BCUT2D eigenvalue weighted by molar-refractivity contribution is -0.159. The molecular formula is C23H25ClN2O9. The normalized spacial score (nSPS) is 32.4. The average Bonchev–Trinajstić information content (AvgIpc) is 2.76. The topological polar surface area (TPSA) is 188 Å². The van der Waals surface area contributed by atoms with Gasteiger partial charge in [0.05, 0.1) is 17.2 Å². The summed E-state index contributed by atoms with van der Waals surface area (Å²) < 4.78 is 0. The van der Waals surface area contributed by atoms with Crippen LogP contribution < -0.4 is 5.32 Å². The molecule has 1 fully saturated rings. The molecule has 3 aliphatic carbocycles. The van der Waals surface area contributed by atoms with Crippen LogP contribution in [0.1, 0.15) is 24.5 Å². The summed E-state index contributed by atoms with van der Waals surface area (Å²) in [5.41, 5.74) is -6.49. The highest BCUT2D eigenvalue weighted by atomic mass is 35.5. The standard InChI is InChI=1S/C23H25ClN2O9/c1-22(34)8-6-9-16(26(2)3)18(30)14(21(33)25-7-27)20(32)23(9,35)19(31)12(8)17(29)13-11(28)5-4-10(24)15(13)22/h4-5,8-9,16,27-29,32,34-35H,6-7H2,1-3H3,(H,25,33). The maximum atomic E-state index is 13.8. The lowest BCUT2D eigenvalue weighted by atomic mass is 9.54. The van der Waals surface area contributed by atoms with Gasteiger partial charge in [-0.25, -0.2) is 0 Å². The molecular weight excluding hydrogens is 484 g/mol. The number of phenolic OH excluding ortho intramolecular Hbond substituents is 1. The first-order valence-corrected chi connectivity index (χ1v) is 11.1. The second-order valence-corrected chi connectivity index (χ2v) is 9.78. The van der Waals surface area contributed by atoms with Gasteiger partial charge in [0.2, 0.25) is 5.78 Å². The van der Waals surface area contributed by atoms with Crippen LogP contribution in [0.5, 0.6) is 5.75 Å². The lowest BCUT2D eigenvalue weighted by Crippen LogP contribution is -2.67. The minimum atomic E-state index is -2.83. The van der Waals surface area contributed by atoms with E-state index in [4.69, 9.17) is 16.7 Å². The highest BCUT2D eigenvalue weighted by molar-refractivity contribution is 6.32. The van der Waals surface area contributed by atoms with Crippen molar-refractivity contribution in [3.8, 4) is 5.75 Å². The van der Waals surface area contributed by atoms with Crippen LogP contribution in [0, 0.1) is 11.8 Å². The summed E-state index contributed by atoms with van der Waals surface area (Å²) in [4.78, 5) is 41.0. The van der Waals surface area contributed by atoms with Crippen molar-refractivity contribution in [2.75, 3.05) is 20.8 Å². The van der Waals surface area contributed by atoms with Crippen LogP contribution in [0.15, 0.2) is 29.0 Å². The zero-order chi connectivity index (χ0) is 26.2. The molecule has 0 bridgehead atoms. The number of benzene rings is 1. The second kappa shape index (κ2) is 8.04. The van der Waals surface area contributed by atoms with E-state index in [0.29, 0.717) is 0 Å². The summed E-state index contributed by atoms with van der Waals surface area (Å²) >= 11 is 6.29. The Kier molecular flexibility index (Phi) is 5.77. The van der Waals surface area contributed by atoms with Gasteiger partial charge in [0.15, 0.2) is 11.4 Å². The number of Topliss-reactive ketones (excluding diaryl/α,β-unsaturated/α-hetero) is 2. The summed E-state index contributed by atoms with van der Waals surface area (Å²) in [6, 6.07) is 1.19. The molecule has 11 nitrogen and oxygen atoms in total. The molecule has 12 heteroatoms. The van der Waals surface area contributed by atoms with Crippen LogP contribution in [0.3, 0.4) is 0 Å². The van der Waals surface area contributed by atoms with Gasteiger partial charge in [-0.2, -0.15) is 0 Å². The van der Waals surface area contributed by atoms with E-state index in [1.807, 2.05) is 5.32 Å². The smallest absolute Gasteiger partial charge is 0.260 e. The van der Waals surface area contributed by atoms with Gasteiger partial charge in [-0.05, 0) is 39.6 Å². The third-order valence-corrected chi connectivity index (χ3v) is 7.61. The highest BCUT2D eigenvalue weighted by Crippen LogP contribution is 2.58. The molecule has 1 amide bonds. The summed E-state index contributed by atoms with van der Waals surface area (Å²) in [7, 11) is 2.95. The fourth-order valence-corrected chi connectivity index (χ4v) is 6.07. The molecule has 0 aliphatic heterocycles. The van der Waals surface area contributed by atoms with Crippen molar-refractivity contribution in [2.45, 2.75) is 30.6 Å². The quantitative estimate of drug-likeness (QED) is 0.214. The zero-order valence-corrected chi connectivity index (χ0v) is 19.8. The van der Waals surface area contributed by atoms with Crippen molar-refractivity contribution in [1.29, 1.82) is 0 Å². The Bertz CT molecular complexity index is 1240. The van der Waals surface area contributed by atoms with Gasteiger partial charge in [0.1, 0.15) is 29.6 Å². The van der Waals surface area contributed by atoms with Gasteiger partial charge < -0.3 is 36.0 Å². The Morgan fingerprint density at radius 3 is 2.40 bits per heavy atom. The van der Waals surface area contributed by atoms with Gasteiger partial charge >= 0.3 is 0 Å². The van der Waals surface area contributed by atoms with Crippen LogP contribution >= 0.6 is 11.6 Å². The fourth-order valence-electron chi connectivity index (χ4n) is 5.72. The van der Waals surface area contributed by atoms with E-state index in [9.17, 15) is 39.9 Å². The van der Waals surface area contributed by atoms with Crippen LogP contribution in [-0.4, -0.2) is 85.5 Å². The number of rotatable bonds is 3. The molecule has 5 unspecified atom stereocenters. The number of carbonyl (C=O) groups excluding carboxylic acids is 3. The number of carbonyl (C=O) groups is 3. The van der Waals surface area contributed by atoms with E-state index in [0.717, 1.165) is 6.07 Å². The monoisotopic (exact) mass is 508 g/mol. The van der Waals surface area contributed by atoms with Gasteiger partial charge in [-0.3, -0.25) is 19.3 Å². The molecule has 0 heterocycles. The maximum Gasteiger partial charge on any atom is 0.260 e. The maximum absolute atomic E-state index is 13.8. The Balaban J connectivity index is 2.04. The number of halogens is 1. The Morgan fingerprint density at radius 2 is 1.83 bits per heavy atom. The van der Waals surface area contributed by atoms with Gasteiger partial charge in [-0.15, -0.1) is 0 Å². The predicted octanol–water partition coefficient (Wildman–Crippen LogP) is -0.137. The summed E-state index contributed by atoms with van der Waals surface area (Å²) in [5, 5.41) is 66.7. The van der Waals surface area contributed by atoms with Crippen LogP contribution in [0.4, 0.5) is 0 Å². The number of aliphatic hydroxyl groups excluding tert-OH is 3. The molecule has 7 N–H and O–H groups in total. The van der Waals surface area contributed by atoms with E-state index >= 15 is 0 Å². The van der Waals surface area contributed by atoms with Crippen LogP contribution in [0.25, 0.3) is 5.76 Å². The predicted molar refractivity (Wildman–Crippen MR) is 121 cm³/mol. The molecule has 1 saturated carbocycles. The van der Waals surface area contributed by atoms with E-state index in [1.54, 1.807) is 0 Å². The number of ketones is 2. The third kappa shape index (κ3) is 3.16. The molecule has 3 aliphatic rings. The largest absolute Gasteiger partial charge is 0.508 e. The number of nitrogens with zero attached hydrogens (tertiary/aromatic N) is 1. The number of aromatic hydroxyl groups is 1. The molecule has 1 aromatic rings. The first-order valence-electron chi connectivity index (χ1n) is 10.7. The number of hydrogen-bond acceptors (Lipinski definition) is 10. The minimum absolute atomic E-state index is 0.0104. The number of likely N-dealkylation sites (N-methyl/N-ethyl adjacent to an activating group) is 1. The number of amides is 1. The number of phenols is 1. The minimum Gasteiger partial charge on any atom is -0.508 e. The molecule has 0 spiro atoms. The van der Waals surface area contributed by atoms with E-state index in [-0.39, 0.29) is 22.6 Å². The van der Waals surface area contributed by atoms with Crippen molar-refractivity contribution in [3.63, 3.8) is 0 Å². The van der Waals surface area contributed by atoms with Gasteiger partial charge in [0.25, 0.3) is 5.91 Å². The number of aliphatic hydroxyl groups is 5. The van der Waals surface area contributed by atoms with Crippen LogP contribution in [0.2, 0.25) is 5.02 Å². The zero-order valence-electron chi connectivity index (χ0n) is 19.0. The molecule has 0 aromatic heterocycles. The Labute approximate surface area is 204 Å². The summed E-state index contributed by atoms with van der Waals surface area (Å²) in [6.45, 7) is 0.454. The number of hydrogen-bond donors (Lipinski definition) is 7. The van der Waals surface area contributed by atoms with Crippen molar-refractivity contribution in [1.82, 2.24) is 10.2 Å². The number of fused-ring (bicyclic) bond motifs is 3. The van der Waals surface area contributed by atoms with Crippen molar-refractivity contribution in [2.24, 2.45) is 11.8 Å². The van der Waals surface area contributed by atoms with Gasteiger partial charge in [-0.1, -0.05) is 11.6 Å². The Morgan fingerprint density at radius 1 is 1.20 bits per heavy atom. The van der Waals surface area contributed by atoms with E-state index in [1.165, 1.54) is 32.0 Å². The van der Waals surface area contributed by atoms with Crippen molar-refractivity contribution in [3.05, 3.63) is 45.2 Å². The summed E-state index contributed by atoms with van der Waals surface area (Å²) in [6.07, 6.45) is -0.284. The number of nitrogens with one attached hydrogen (secondary N) is 1. The molecule has 0 radical (unpaired) electrons. The molecule has 4 rings (SSSR count). The fraction of sp³-hybridized carbons (Fsp3) is 0.435. The van der Waals surface area contributed by atoms with E-state index in [2.05, 4.69) is 0 Å². The first-order chi connectivity index (χ1) is 16.2.